The molecule has 0 amide bonds. The first-order valence-corrected chi connectivity index (χ1v) is 7.80. The molecule has 6 heteroatoms. The van der Waals surface area contributed by atoms with Crippen molar-refractivity contribution < 1.29 is 0 Å². The van der Waals surface area contributed by atoms with E-state index < -0.39 is 0 Å². The van der Waals surface area contributed by atoms with Crippen molar-refractivity contribution in [2.75, 3.05) is 23.3 Å². The first-order valence-electron chi connectivity index (χ1n) is 7.39. The Balaban J connectivity index is 1.69. The molecule has 0 atom stereocenters. The molecule has 1 aliphatic carbocycles. The van der Waals surface area contributed by atoms with Crippen LogP contribution in [0.25, 0.3) is 0 Å². The van der Waals surface area contributed by atoms with Crippen molar-refractivity contribution in [2.24, 2.45) is 0 Å². The molecule has 1 aliphatic heterocycles. The summed E-state index contributed by atoms with van der Waals surface area (Å²) in [5, 5.41) is 6.98. The van der Waals surface area contributed by atoms with Crippen molar-refractivity contribution >= 4 is 29.1 Å². The fraction of sp³-hybridized carbons (Fsp3) is 0.643. The van der Waals surface area contributed by atoms with Gasteiger partial charge in [-0.15, -0.1) is 0 Å². The number of aryl methyl sites for hydroxylation is 1. The van der Waals surface area contributed by atoms with E-state index in [2.05, 4.69) is 25.5 Å². The number of hydrogen-bond donors (Lipinski definition) is 2. The van der Waals surface area contributed by atoms with Gasteiger partial charge in [-0.1, -0.05) is 0 Å². The summed E-state index contributed by atoms with van der Waals surface area (Å²) in [6.45, 7) is 4.17. The molecular weight excluding hydrogens is 270 g/mol. The zero-order valence-electron chi connectivity index (χ0n) is 11.9. The van der Waals surface area contributed by atoms with Crippen LogP contribution in [0.4, 0.5) is 11.8 Å². The fourth-order valence-corrected chi connectivity index (χ4v) is 2.70. The highest BCUT2D eigenvalue weighted by Gasteiger charge is 2.22. The number of nitrogens with one attached hydrogen (secondary N) is 2. The van der Waals surface area contributed by atoms with E-state index >= 15 is 0 Å². The van der Waals surface area contributed by atoms with Crippen LogP contribution in [0, 0.1) is 6.92 Å². The van der Waals surface area contributed by atoms with Crippen LogP contribution < -0.4 is 15.5 Å². The maximum atomic E-state index is 5.28. The lowest BCUT2D eigenvalue weighted by molar-refractivity contribution is 0.573. The van der Waals surface area contributed by atoms with Crippen LogP contribution in [0.2, 0.25) is 0 Å². The van der Waals surface area contributed by atoms with Gasteiger partial charge in [0.05, 0.1) is 0 Å². The fourth-order valence-electron chi connectivity index (χ4n) is 2.44. The third-order valence-corrected chi connectivity index (χ3v) is 3.88. The number of nitrogens with zero attached hydrogens (tertiary/aromatic N) is 3. The predicted molar refractivity (Wildman–Crippen MR) is 85.2 cm³/mol. The zero-order valence-corrected chi connectivity index (χ0v) is 12.7. The molecule has 3 rings (SSSR count). The molecule has 2 heterocycles. The highest BCUT2D eigenvalue weighted by atomic mass is 32.1. The summed E-state index contributed by atoms with van der Waals surface area (Å²) in [5.41, 5.74) is 0.970. The van der Waals surface area contributed by atoms with Crippen molar-refractivity contribution in [2.45, 2.75) is 45.1 Å². The average Bonchev–Trinajstić information content (AvgIpc) is 3.23. The minimum atomic E-state index is 0.543. The van der Waals surface area contributed by atoms with E-state index in [1.807, 2.05) is 13.0 Å². The van der Waals surface area contributed by atoms with Crippen molar-refractivity contribution in [3.8, 4) is 0 Å². The second-order valence-corrected chi connectivity index (χ2v) is 6.02. The monoisotopic (exact) mass is 291 g/mol. The average molecular weight is 291 g/mol. The SMILES string of the molecule is Cc1cc(N2CCCCC2)nc(NC(=S)NC2CC2)n1. The van der Waals surface area contributed by atoms with Crippen LogP contribution in [0.15, 0.2) is 6.07 Å². The summed E-state index contributed by atoms with van der Waals surface area (Å²) in [4.78, 5) is 11.4. The topological polar surface area (TPSA) is 53.1 Å². The second kappa shape index (κ2) is 5.91. The number of thiocarbonyl (C=S) groups is 1. The molecule has 2 fully saturated rings. The third-order valence-electron chi connectivity index (χ3n) is 3.66. The minimum absolute atomic E-state index is 0.543. The summed E-state index contributed by atoms with van der Waals surface area (Å²) >= 11 is 5.28. The van der Waals surface area contributed by atoms with E-state index in [9.17, 15) is 0 Å². The van der Waals surface area contributed by atoms with Gasteiger partial charge in [0.1, 0.15) is 5.82 Å². The van der Waals surface area contributed by atoms with Crippen molar-refractivity contribution in [3.05, 3.63) is 11.8 Å². The van der Waals surface area contributed by atoms with E-state index in [1.54, 1.807) is 0 Å². The number of aromatic nitrogens is 2. The quantitative estimate of drug-likeness (QED) is 0.833. The molecule has 2 N–H and O–H groups in total. The largest absolute Gasteiger partial charge is 0.360 e. The van der Waals surface area contributed by atoms with Crippen LogP contribution in [0.5, 0.6) is 0 Å². The zero-order chi connectivity index (χ0) is 13.9. The first-order chi connectivity index (χ1) is 9.70. The van der Waals surface area contributed by atoms with Gasteiger partial charge in [-0.2, -0.15) is 4.98 Å². The molecule has 5 nitrogen and oxygen atoms in total. The van der Waals surface area contributed by atoms with Gasteiger partial charge < -0.3 is 15.5 Å². The Bertz CT molecular complexity index is 494. The Morgan fingerprint density at radius 2 is 2.00 bits per heavy atom. The van der Waals surface area contributed by atoms with E-state index in [0.29, 0.717) is 17.1 Å². The predicted octanol–water partition coefficient (Wildman–Crippen LogP) is 2.22. The molecule has 108 valence electrons. The lowest BCUT2D eigenvalue weighted by Crippen LogP contribution is -2.32. The molecular formula is C14H21N5S. The summed E-state index contributed by atoms with van der Waals surface area (Å²) in [5.74, 6) is 1.61. The van der Waals surface area contributed by atoms with Crippen molar-refractivity contribution in [1.82, 2.24) is 15.3 Å². The second-order valence-electron chi connectivity index (χ2n) is 5.61. The molecule has 0 radical (unpaired) electrons. The van der Waals surface area contributed by atoms with Crippen molar-refractivity contribution in [1.29, 1.82) is 0 Å². The molecule has 0 bridgehead atoms. The van der Waals surface area contributed by atoms with Gasteiger partial charge in [0.15, 0.2) is 5.11 Å². The first kappa shape index (κ1) is 13.5. The standard InChI is InChI=1S/C14H21N5S/c1-10-9-12(19-7-3-2-4-8-19)17-13(15-10)18-14(20)16-11-5-6-11/h9,11H,2-8H2,1H3,(H2,15,16,17,18,20). The van der Waals surface area contributed by atoms with E-state index in [1.165, 1.54) is 32.1 Å². The summed E-state index contributed by atoms with van der Waals surface area (Å²) in [6, 6.07) is 2.59. The molecule has 0 unspecified atom stereocenters. The summed E-state index contributed by atoms with van der Waals surface area (Å²) < 4.78 is 0. The van der Waals surface area contributed by atoms with Gasteiger partial charge in [-0.3, -0.25) is 0 Å². The Kier molecular flexibility index (Phi) is 4.00. The van der Waals surface area contributed by atoms with E-state index in [-0.39, 0.29) is 0 Å². The summed E-state index contributed by atoms with van der Waals surface area (Å²) in [6.07, 6.45) is 6.22. The lowest BCUT2D eigenvalue weighted by atomic mass is 10.1. The Morgan fingerprint density at radius 3 is 2.70 bits per heavy atom. The number of rotatable bonds is 3. The molecule has 1 aromatic rings. The number of hydrogen-bond acceptors (Lipinski definition) is 4. The van der Waals surface area contributed by atoms with Gasteiger partial charge in [0.25, 0.3) is 0 Å². The Labute approximate surface area is 125 Å². The van der Waals surface area contributed by atoms with Gasteiger partial charge in [-0.05, 0) is 51.2 Å². The molecule has 20 heavy (non-hydrogen) atoms. The molecule has 0 spiro atoms. The van der Waals surface area contributed by atoms with Gasteiger partial charge in [0, 0.05) is 30.9 Å². The molecule has 1 saturated carbocycles. The minimum Gasteiger partial charge on any atom is -0.360 e. The van der Waals surface area contributed by atoms with Crippen molar-refractivity contribution in [3.63, 3.8) is 0 Å². The molecule has 1 aromatic heterocycles. The highest BCUT2D eigenvalue weighted by Crippen LogP contribution is 2.20. The van der Waals surface area contributed by atoms with Crippen LogP contribution in [0.3, 0.4) is 0 Å². The van der Waals surface area contributed by atoms with Crippen LogP contribution in [-0.4, -0.2) is 34.2 Å². The van der Waals surface area contributed by atoms with Gasteiger partial charge in [0.2, 0.25) is 5.95 Å². The van der Waals surface area contributed by atoms with Gasteiger partial charge >= 0.3 is 0 Å². The molecule has 0 aromatic carbocycles. The summed E-state index contributed by atoms with van der Waals surface area (Å²) in [7, 11) is 0. The molecule has 1 saturated heterocycles. The third kappa shape index (κ3) is 3.56. The van der Waals surface area contributed by atoms with Crippen LogP contribution >= 0.6 is 12.2 Å². The molecule has 2 aliphatic rings. The normalized spacial score (nSPS) is 18.8. The van der Waals surface area contributed by atoms with Gasteiger partial charge in [-0.25, -0.2) is 4.98 Å². The number of anilines is 2. The number of piperidine rings is 1. The van der Waals surface area contributed by atoms with Crippen LogP contribution in [-0.2, 0) is 0 Å². The van der Waals surface area contributed by atoms with E-state index in [0.717, 1.165) is 24.6 Å². The smallest absolute Gasteiger partial charge is 0.231 e. The van der Waals surface area contributed by atoms with Crippen LogP contribution in [0.1, 0.15) is 37.8 Å². The van der Waals surface area contributed by atoms with E-state index in [4.69, 9.17) is 12.2 Å². The highest BCUT2D eigenvalue weighted by molar-refractivity contribution is 7.80. The maximum absolute atomic E-state index is 5.28. The Morgan fingerprint density at radius 1 is 1.25 bits per heavy atom. The lowest BCUT2D eigenvalue weighted by Gasteiger charge is -2.28. The Hall–Kier alpha value is -1.43. The maximum Gasteiger partial charge on any atom is 0.231 e.